The van der Waals surface area contributed by atoms with Gasteiger partial charge in [-0.1, -0.05) is 44.2 Å². The number of nitrogens with zero attached hydrogens (tertiary/aromatic N) is 1. The largest absolute Gasteiger partial charge is 0.303 e. The van der Waals surface area contributed by atoms with Crippen molar-refractivity contribution in [2.24, 2.45) is 5.41 Å². The van der Waals surface area contributed by atoms with E-state index in [0.29, 0.717) is 11.3 Å². The van der Waals surface area contributed by atoms with E-state index in [0.717, 1.165) is 18.3 Å². The molecule has 0 aliphatic heterocycles. The third-order valence-electron chi connectivity index (χ3n) is 4.93. The zero-order valence-corrected chi connectivity index (χ0v) is 14.1. The molecule has 1 fully saturated rings. The van der Waals surface area contributed by atoms with Crippen molar-refractivity contribution < 1.29 is 0 Å². The lowest BCUT2D eigenvalue weighted by Gasteiger charge is -2.39. The molecule has 1 unspecified atom stereocenters. The van der Waals surface area contributed by atoms with E-state index in [1.165, 1.54) is 31.2 Å². The van der Waals surface area contributed by atoms with E-state index in [1.807, 2.05) is 0 Å². The lowest BCUT2D eigenvalue weighted by Crippen LogP contribution is -2.39. The number of likely N-dealkylation sites (N-methyl/N-ethyl adjacent to an activating group) is 1. The van der Waals surface area contributed by atoms with Gasteiger partial charge in [0.25, 0.3) is 0 Å². The van der Waals surface area contributed by atoms with Crippen LogP contribution in [0.5, 0.6) is 0 Å². The Morgan fingerprint density at radius 3 is 2.35 bits per heavy atom. The first kappa shape index (κ1) is 15.9. The van der Waals surface area contributed by atoms with Gasteiger partial charge in [-0.3, -0.25) is 0 Å². The summed E-state index contributed by atoms with van der Waals surface area (Å²) in [6, 6.07) is 11.6. The molecule has 1 aromatic carbocycles. The summed E-state index contributed by atoms with van der Waals surface area (Å²) in [7, 11) is 2.29. The molecule has 1 saturated carbocycles. The van der Waals surface area contributed by atoms with Crippen LogP contribution in [-0.2, 0) is 0 Å². The second-order valence-corrected chi connectivity index (χ2v) is 7.49. The average molecular weight is 292 g/mol. The third-order valence-corrected chi connectivity index (χ3v) is 5.37. The van der Waals surface area contributed by atoms with Gasteiger partial charge in [0.05, 0.1) is 0 Å². The molecular weight excluding hydrogens is 262 g/mol. The Bertz CT molecular complexity index is 391. The van der Waals surface area contributed by atoms with Gasteiger partial charge in [-0.15, -0.1) is 0 Å². The Labute approximate surface area is 130 Å². The Morgan fingerprint density at radius 2 is 1.80 bits per heavy atom. The summed E-state index contributed by atoms with van der Waals surface area (Å²) >= 11 is 4.57. The molecule has 112 valence electrons. The minimum Gasteiger partial charge on any atom is -0.303 e. The first-order valence-corrected chi connectivity index (χ1v) is 8.51. The second-order valence-electron chi connectivity index (χ2n) is 7.13. The Hall–Kier alpha value is -0.470. The van der Waals surface area contributed by atoms with Crippen LogP contribution in [0.1, 0.15) is 51.0 Å². The molecule has 0 saturated heterocycles. The molecule has 0 N–H and O–H groups in total. The van der Waals surface area contributed by atoms with E-state index >= 15 is 0 Å². The molecule has 1 nitrogen and oxygen atoms in total. The van der Waals surface area contributed by atoms with Gasteiger partial charge >= 0.3 is 0 Å². The van der Waals surface area contributed by atoms with Crippen molar-refractivity contribution in [1.82, 2.24) is 4.90 Å². The molecule has 0 aromatic heterocycles. The van der Waals surface area contributed by atoms with Crippen molar-refractivity contribution in [1.29, 1.82) is 0 Å². The number of rotatable bonds is 5. The Morgan fingerprint density at radius 1 is 1.20 bits per heavy atom. The first-order valence-electron chi connectivity index (χ1n) is 7.88. The highest BCUT2D eigenvalue weighted by atomic mass is 32.1. The quantitative estimate of drug-likeness (QED) is 0.776. The van der Waals surface area contributed by atoms with Gasteiger partial charge in [0.15, 0.2) is 0 Å². The molecule has 0 bridgehead atoms. The molecule has 1 atom stereocenters. The van der Waals surface area contributed by atoms with Crippen LogP contribution < -0.4 is 0 Å². The molecule has 0 heterocycles. The van der Waals surface area contributed by atoms with Crippen LogP contribution in [0.3, 0.4) is 0 Å². The minimum absolute atomic E-state index is 0.541. The van der Waals surface area contributed by atoms with Crippen molar-refractivity contribution >= 4 is 12.6 Å². The molecule has 0 spiro atoms. The van der Waals surface area contributed by atoms with Crippen molar-refractivity contribution in [3.63, 3.8) is 0 Å². The van der Waals surface area contributed by atoms with Crippen LogP contribution in [0.2, 0.25) is 0 Å². The topological polar surface area (TPSA) is 3.24 Å². The second kappa shape index (κ2) is 7.00. The fourth-order valence-electron chi connectivity index (χ4n) is 3.32. The van der Waals surface area contributed by atoms with E-state index in [9.17, 15) is 0 Å². The highest BCUT2D eigenvalue weighted by Crippen LogP contribution is 2.37. The third kappa shape index (κ3) is 4.26. The van der Waals surface area contributed by atoms with Crippen LogP contribution in [-0.4, -0.2) is 30.3 Å². The molecule has 1 aliphatic rings. The monoisotopic (exact) mass is 291 g/mol. The summed E-state index contributed by atoms with van der Waals surface area (Å²) in [5.74, 6) is 1.46. The maximum Gasteiger partial charge on any atom is 0.00928 e. The van der Waals surface area contributed by atoms with E-state index in [1.54, 1.807) is 0 Å². The zero-order valence-electron chi connectivity index (χ0n) is 13.2. The summed E-state index contributed by atoms with van der Waals surface area (Å²) in [5, 5.41) is 0. The number of thiol groups is 1. The average Bonchev–Trinajstić information content (AvgIpc) is 2.45. The Kier molecular flexibility index (Phi) is 5.57. The maximum atomic E-state index is 4.57. The smallest absolute Gasteiger partial charge is 0.00928 e. The maximum absolute atomic E-state index is 4.57. The normalized spacial score (nSPS) is 21.1. The number of hydrogen-bond donors (Lipinski definition) is 1. The van der Waals surface area contributed by atoms with Crippen molar-refractivity contribution in [3.8, 4) is 0 Å². The molecule has 20 heavy (non-hydrogen) atoms. The van der Waals surface area contributed by atoms with Gasteiger partial charge < -0.3 is 4.90 Å². The highest BCUT2D eigenvalue weighted by molar-refractivity contribution is 7.80. The van der Waals surface area contributed by atoms with E-state index < -0.39 is 0 Å². The first-order chi connectivity index (χ1) is 9.52. The number of hydrogen-bond acceptors (Lipinski definition) is 2. The van der Waals surface area contributed by atoms with E-state index in [4.69, 9.17) is 0 Å². The van der Waals surface area contributed by atoms with Crippen LogP contribution in [0.15, 0.2) is 30.3 Å². The summed E-state index contributed by atoms with van der Waals surface area (Å²) in [6.07, 6.45) is 5.41. The van der Waals surface area contributed by atoms with Crippen LogP contribution >= 0.6 is 12.6 Å². The Balaban J connectivity index is 1.91. The lowest BCUT2D eigenvalue weighted by molar-refractivity contribution is 0.124. The highest BCUT2D eigenvalue weighted by Gasteiger charge is 2.29. The summed E-state index contributed by atoms with van der Waals surface area (Å²) in [6.45, 7) is 5.94. The van der Waals surface area contributed by atoms with E-state index in [2.05, 4.69) is 68.8 Å². The van der Waals surface area contributed by atoms with Gasteiger partial charge in [0.2, 0.25) is 0 Å². The predicted molar refractivity (Wildman–Crippen MR) is 91.7 cm³/mol. The fourth-order valence-corrected chi connectivity index (χ4v) is 3.64. The van der Waals surface area contributed by atoms with Crippen molar-refractivity contribution in [3.05, 3.63) is 35.9 Å². The SMILES string of the molecule is CN(CC(CS)c1ccccc1)C1CCC(C)(C)CC1. The molecule has 1 aromatic rings. The van der Waals surface area contributed by atoms with Gasteiger partial charge in [0.1, 0.15) is 0 Å². The molecule has 0 radical (unpaired) electrons. The number of benzene rings is 1. The van der Waals surface area contributed by atoms with Gasteiger partial charge in [-0.2, -0.15) is 12.6 Å². The lowest BCUT2D eigenvalue weighted by atomic mass is 9.75. The van der Waals surface area contributed by atoms with Crippen molar-refractivity contribution in [2.75, 3.05) is 19.3 Å². The van der Waals surface area contributed by atoms with Crippen molar-refractivity contribution in [2.45, 2.75) is 51.5 Å². The van der Waals surface area contributed by atoms with Crippen LogP contribution in [0.4, 0.5) is 0 Å². The summed E-state index contributed by atoms with van der Waals surface area (Å²) < 4.78 is 0. The molecule has 2 heteroatoms. The van der Waals surface area contributed by atoms with E-state index in [-0.39, 0.29) is 0 Å². The molecule has 2 rings (SSSR count). The van der Waals surface area contributed by atoms with Gasteiger partial charge in [0, 0.05) is 18.5 Å². The van der Waals surface area contributed by atoms with Gasteiger partial charge in [-0.05, 0) is 49.5 Å². The predicted octanol–water partition coefficient (Wildman–Crippen LogP) is 4.60. The molecular formula is C18H29NS. The van der Waals surface area contributed by atoms with Crippen LogP contribution in [0, 0.1) is 5.41 Å². The molecule has 1 aliphatic carbocycles. The minimum atomic E-state index is 0.541. The molecule has 0 amide bonds. The summed E-state index contributed by atoms with van der Waals surface area (Å²) in [4.78, 5) is 2.57. The van der Waals surface area contributed by atoms with Gasteiger partial charge in [-0.25, -0.2) is 0 Å². The zero-order chi connectivity index (χ0) is 14.6. The fraction of sp³-hybridized carbons (Fsp3) is 0.667. The summed E-state index contributed by atoms with van der Waals surface area (Å²) in [5.41, 5.74) is 1.98. The standard InChI is InChI=1S/C18H29NS/c1-18(2)11-9-17(10-12-18)19(3)13-16(14-20)15-7-5-4-6-8-15/h4-8,16-17,20H,9-14H2,1-3H3. The van der Waals surface area contributed by atoms with Crippen LogP contribution in [0.25, 0.3) is 0 Å².